The molecular formula is C20H33N3O3. The van der Waals surface area contributed by atoms with E-state index in [0.29, 0.717) is 30.0 Å². The van der Waals surface area contributed by atoms with Crippen molar-refractivity contribution < 1.29 is 14.3 Å². The Kier molecular flexibility index (Phi) is 5.13. The van der Waals surface area contributed by atoms with E-state index in [2.05, 4.69) is 10.2 Å². The molecule has 146 valence electrons. The lowest BCUT2D eigenvalue weighted by molar-refractivity contribution is -0.128. The monoisotopic (exact) mass is 363 g/mol. The molecule has 0 radical (unpaired) electrons. The minimum Gasteiger partial charge on any atom is -0.450 e. The summed E-state index contributed by atoms with van der Waals surface area (Å²) in [6, 6.07) is 1.10. The second-order valence-electron chi connectivity index (χ2n) is 8.88. The highest BCUT2D eigenvalue weighted by molar-refractivity contribution is 5.79. The van der Waals surface area contributed by atoms with Gasteiger partial charge >= 0.3 is 6.09 Å². The molecule has 0 aromatic carbocycles. The predicted molar refractivity (Wildman–Crippen MR) is 98.7 cm³/mol. The molecule has 0 atom stereocenters. The summed E-state index contributed by atoms with van der Waals surface area (Å²) in [4.78, 5) is 28.7. The second-order valence-corrected chi connectivity index (χ2v) is 8.88. The molecule has 0 bridgehead atoms. The summed E-state index contributed by atoms with van der Waals surface area (Å²) in [6.07, 6.45) is 8.95. The average Bonchev–Trinajstić information content (AvgIpc) is 3.03. The summed E-state index contributed by atoms with van der Waals surface area (Å²) in [5.74, 6) is 0.506. The van der Waals surface area contributed by atoms with Crippen molar-refractivity contribution in [2.24, 2.45) is 11.3 Å². The largest absolute Gasteiger partial charge is 0.450 e. The van der Waals surface area contributed by atoms with E-state index in [9.17, 15) is 9.59 Å². The number of hydrogen-bond acceptors (Lipinski definition) is 4. The number of hydrogen-bond donors (Lipinski definition) is 1. The third kappa shape index (κ3) is 3.57. The van der Waals surface area contributed by atoms with E-state index in [1.54, 1.807) is 0 Å². The quantitative estimate of drug-likeness (QED) is 0.833. The van der Waals surface area contributed by atoms with Crippen LogP contribution in [0.4, 0.5) is 4.79 Å². The van der Waals surface area contributed by atoms with Gasteiger partial charge < -0.3 is 19.9 Å². The summed E-state index contributed by atoms with van der Waals surface area (Å²) in [5, 5.41) is 3.22. The van der Waals surface area contributed by atoms with Crippen LogP contribution in [0, 0.1) is 11.3 Å². The third-order valence-corrected chi connectivity index (χ3v) is 7.17. The number of rotatable bonds is 4. The molecule has 0 aromatic heterocycles. The van der Waals surface area contributed by atoms with Crippen LogP contribution in [-0.2, 0) is 9.53 Å². The number of carbonyl (C=O) groups excluding carboxylic acids is 2. The summed E-state index contributed by atoms with van der Waals surface area (Å²) in [6.45, 7) is 6.11. The van der Waals surface area contributed by atoms with E-state index >= 15 is 0 Å². The van der Waals surface area contributed by atoms with Crippen LogP contribution >= 0.6 is 0 Å². The molecule has 6 nitrogen and oxygen atoms in total. The second kappa shape index (κ2) is 7.37. The van der Waals surface area contributed by atoms with E-state index in [0.717, 1.165) is 58.3 Å². The Morgan fingerprint density at radius 1 is 1.12 bits per heavy atom. The van der Waals surface area contributed by atoms with Crippen LogP contribution in [0.15, 0.2) is 0 Å². The number of piperidine rings is 1. The van der Waals surface area contributed by atoms with Crippen molar-refractivity contribution in [3.63, 3.8) is 0 Å². The molecule has 2 aliphatic heterocycles. The van der Waals surface area contributed by atoms with Gasteiger partial charge in [-0.3, -0.25) is 4.79 Å². The van der Waals surface area contributed by atoms with Crippen LogP contribution < -0.4 is 5.32 Å². The highest BCUT2D eigenvalue weighted by Crippen LogP contribution is 2.50. The fourth-order valence-electron chi connectivity index (χ4n) is 5.24. The zero-order chi connectivity index (χ0) is 18.1. The summed E-state index contributed by atoms with van der Waals surface area (Å²) < 4.78 is 5.14. The smallest absolute Gasteiger partial charge is 0.409 e. The third-order valence-electron chi connectivity index (χ3n) is 7.17. The molecular weight excluding hydrogens is 330 g/mol. The fraction of sp³-hybridized carbons (Fsp3) is 0.900. The highest BCUT2D eigenvalue weighted by Gasteiger charge is 2.51. The molecule has 1 N–H and O–H groups in total. The minimum atomic E-state index is -0.147. The van der Waals surface area contributed by atoms with Crippen molar-refractivity contribution in [1.29, 1.82) is 0 Å². The normalized spacial score (nSPS) is 33.0. The standard InChI is InChI=1S/C20H33N3O3/c1-2-26-19(25)23-11-8-20(14-23)12-17(13-20)22-9-6-15(7-10-22)18(24)21-16-4-3-5-16/h15-17H,2-14H2,1H3,(H,21,24). The first-order chi connectivity index (χ1) is 12.6. The van der Waals surface area contributed by atoms with Crippen LogP contribution in [0.5, 0.6) is 0 Å². The van der Waals surface area contributed by atoms with Gasteiger partial charge in [0.25, 0.3) is 0 Å². The van der Waals surface area contributed by atoms with Crippen LogP contribution in [0.2, 0.25) is 0 Å². The average molecular weight is 364 g/mol. The molecule has 0 unspecified atom stereocenters. The molecule has 2 heterocycles. The van der Waals surface area contributed by atoms with Crippen molar-refractivity contribution in [2.75, 3.05) is 32.8 Å². The molecule has 2 aliphatic carbocycles. The minimum absolute atomic E-state index is 0.147. The molecule has 4 rings (SSSR count). The van der Waals surface area contributed by atoms with Crippen LogP contribution in [0.1, 0.15) is 58.3 Å². The first-order valence-electron chi connectivity index (χ1n) is 10.5. The number of carbonyl (C=O) groups is 2. The van der Waals surface area contributed by atoms with Gasteiger partial charge in [0.05, 0.1) is 6.61 Å². The molecule has 4 aliphatic rings. The van der Waals surface area contributed by atoms with E-state index in [1.165, 1.54) is 19.3 Å². The zero-order valence-electron chi connectivity index (χ0n) is 16.0. The Labute approximate surface area is 156 Å². The van der Waals surface area contributed by atoms with Crippen molar-refractivity contribution in [3.05, 3.63) is 0 Å². The van der Waals surface area contributed by atoms with Crippen LogP contribution in [-0.4, -0.2) is 66.7 Å². The number of likely N-dealkylation sites (tertiary alicyclic amines) is 2. The van der Waals surface area contributed by atoms with Gasteiger partial charge in [-0.15, -0.1) is 0 Å². The van der Waals surface area contributed by atoms with Gasteiger partial charge in [0.15, 0.2) is 0 Å². The van der Waals surface area contributed by atoms with Crippen molar-refractivity contribution in [1.82, 2.24) is 15.1 Å². The first-order valence-corrected chi connectivity index (χ1v) is 10.5. The number of ether oxygens (including phenoxy) is 1. The SMILES string of the molecule is CCOC(=O)N1CCC2(CC(N3CCC(C(=O)NC4CCC4)CC3)C2)C1. The van der Waals surface area contributed by atoms with Gasteiger partial charge in [0.1, 0.15) is 0 Å². The summed E-state index contributed by atoms with van der Waals surface area (Å²) in [5.41, 5.74) is 0.329. The van der Waals surface area contributed by atoms with Gasteiger partial charge in [0.2, 0.25) is 5.91 Å². The van der Waals surface area contributed by atoms with Gasteiger partial charge in [-0.2, -0.15) is 0 Å². The number of nitrogens with one attached hydrogen (secondary N) is 1. The van der Waals surface area contributed by atoms with Gasteiger partial charge in [0, 0.05) is 31.1 Å². The predicted octanol–water partition coefficient (Wildman–Crippen LogP) is 2.38. The van der Waals surface area contributed by atoms with E-state index in [4.69, 9.17) is 4.74 Å². The Morgan fingerprint density at radius 3 is 2.46 bits per heavy atom. The lowest BCUT2D eigenvalue weighted by Crippen LogP contribution is -2.55. The van der Waals surface area contributed by atoms with Gasteiger partial charge in [-0.1, -0.05) is 0 Å². The Hall–Kier alpha value is -1.30. The lowest BCUT2D eigenvalue weighted by atomic mass is 9.64. The molecule has 26 heavy (non-hydrogen) atoms. The maximum atomic E-state index is 12.3. The zero-order valence-corrected chi connectivity index (χ0v) is 16.0. The van der Waals surface area contributed by atoms with Gasteiger partial charge in [-0.25, -0.2) is 4.79 Å². The Bertz CT molecular complexity index is 534. The molecule has 1 spiro atoms. The van der Waals surface area contributed by atoms with Crippen LogP contribution in [0.3, 0.4) is 0 Å². The van der Waals surface area contributed by atoms with Crippen LogP contribution in [0.25, 0.3) is 0 Å². The number of amides is 2. The maximum absolute atomic E-state index is 12.3. The number of nitrogens with zero attached hydrogens (tertiary/aromatic N) is 2. The molecule has 2 saturated heterocycles. The maximum Gasteiger partial charge on any atom is 0.409 e. The van der Waals surface area contributed by atoms with Crippen molar-refractivity contribution >= 4 is 12.0 Å². The Balaban J connectivity index is 1.19. The molecule has 2 saturated carbocycles. The molecule has 6 heteroatoms. The van der Waals surface area contributed by atoms with E-state index in [1.807, 2.05) is 11.8 Å². The molecule has 4 fully saturated rings. The molecule has 2 amide bonds. The lowest BCUT2D eigenvalue weighted by Gasteiger charge is -2.51. The first kappa shape index (κ1) is 18.1. The van der Waals surface area contributed by atoms with Crippen molar-refractivity contribution in [3.8, 4) is 0 Å². The highest BCUT2D eigenvalue weighted by atomic mass is 16.6. The van der Waals surface area contributed by atoms with E-state index in [-0.39, 0.29) is 12.0 Å². The molecule has 0 aromatic rings. The summed E-state index contributed by atoms with van der Waals surface area (Å²) >= 11 is 0. The topological polar surface area (TPSA) is 61.9 Å². The van der Waals surface area contributed by atoms with Gasteiger partial charge in [-0.05, 0) is 76.8 Å². The van der Waals surface area contributed by atoms with Crippen molar-refractivity contribution in [2.45, 2.75) is 70.4 Å². The summed E-state index contributed by atoms with van der Waals surface area (Å²) in [7, 11) is 0. The Morgan fingerprint density at radius 2 is 1.85 bits per heavy atom. The van der Waals surface area contributed by atoms with E-state index < -0.39 is 0 Å². The fourth-order valence-corrected chi connectivity index (χ4v) is 5.24.